The Morgan fingerprint density at radius 1 is 1.11 bits per heavy atom. The van der Waals surface area contributed by atoms with Crippen LogP contribution in [-0.2, 0) is 9.59 Å². The Kier molecular flexibility index (Phi) is 6.96. The number of aryl methyl sites for hydroxylation is 1. The molecule has 142 valence electrons. The highest BCUT2D eigenvalue weighted by atomic mass is 35.5. The van der Waals surface area contributed by atoms with Crippen molar-refractivity contribution in [1.82, 2.24) is 4.90 Å². The maximum Gasteiger partial charge on any atom is 0.260 e. The lowest BCUT2D eigenvalue weighted by molar-refractivity contribution is -0.135. The number of carbonyl (C=O) groups is 3. The molecule has 0 unspecified atom stereocenters. The second kappa shape index (κ2) is 9.19. The summed E-state index contributed by atoms with van der Waals surface area (Å²) in [7, 11) is 1.51. The number of halogens is 1. The van der Waals surface area contributed by atoms with Crippen molar-refractivity contribution in [2.45, 2.75) is 13.8 Å². The van der Waals surface area contributed by atoms with E-state index in [2.05, 4.69) is 5.32 Å². The molecule has 0 heterocycles. The van der Waals surface area contributed by atoms with Crippen LogP contribution in [0.15, 0.2) is 42.5 Å². The first-order valence-corrected chi connectivity index (χ1v) is 8.68. The number of amides is 2. The molecule has 0 aliphatic carbocycles. The monoisotopic (exact) mass is 388 g/mol. The molecule has 0 atom stereocenters. The molecule has 0 bridgehead atoms. The smallest absolute Gasteiger partial charge is 0.260 e. The quantitative estimate of drug-likeness (QED) is 0.738. The van der Waals surface area contributed by atoms with Gasteiger partial charge in [-0.3, -0.25) is 14.4 Å². The Labute approximate surface area is 163 Å². The molecule has 0 fully saturated rings. The fraction of sp³-hybridized carbons (Fsp3) is 0.250. The summed E-state index contributed by atoms with van der Waals surface area (Å²) in [6, 6.07) is 12.0. The van der Waals surface area contributed by atoms with Gasteiger partial charge in [0.25, 0.3) is 5.91 Å². The minimum absolute atomic E-state index is 0.115. The van der Waals surface area contributed by atoms with Gasteiger partial charge in [-0.05, 0) is 44.2 Å². The van der Waals surface area contributed by atoms with Gasteiger partial charge in [-0.15, -0.1) is 0 Å². The molecule has 7 heteroatoms. The van der Waals surface area contributed by atoms with Gasteiger partial charge in [0.2, 0.25) is 5.91 Å². The highest BCUT2D eigenvalue weighted by Gasteiger charge is 2.16. The molecule has 2 rings (SSSR count). The molecule has 0 aliphatic rings. The van der Waals surface area contributed by atoms with E-state index < -0.39 is 5.91 Å². The zero-order valence-electron chi connectivity index (χ0n) is 15.4. The minimum atomic E-state index is -0.390. The molecular weight excluding hydrogens is 368 g/mol. The van der Waals surface area contributed by atoms with Crippen molar-refractivity contribution in [2.24, 2.45) is 0 Å². The van der Waals surface area contributed by atoms with Crippen molar-refractivity contribution in [3.8, 4) is 5.75 Å². The Hall–Kier alpha value is -2.86. The second-order valence-corrected chi connectivity index (χ2v) is 6.59. The third-order valence-corrected chi connectivity index (χ3v) is 4.05. The Morgan fingerprint density at radius 2 is 1.78 bits per heavy atom. The number of carbonyl (C=O) groups excluding carboxylic acids is 3. The summed E-state index contributed by atoms with van der Waals surface area (Å²) in [6.07, 6.45) is 0. The van der Waals surface area contributed by atoms with Crippen LogP contribution < -0.4 is 10.1 Å². The zero-order valence-corrected chi connectivity index (χ0v) is 16.2. The Morgan fingerprint density at radius 3 is 2.41 bits per heavy atom. The van der Waals surface area contributed by atoms with Crippen molar-refractivity contribution >= 4 is 34.9 Å². The summed E-state index contributed by atoms with van der Waals surface area (Å²) in [5.41, 5.74) is 2.05. The number of hydrogen-bond acceptors (Lipinski definition) is 4. The molecule has 0 spiro atoms. The molecule has 2 aromatic rings. The molecule has 0 saturated carbocycles. The van der Waals surface area contributed by atoms with Gasteiger partial charge in [0.05, 0.1) is 12.1 Å². The van der Waals surface area contributed by atoms with E-state index in [1.165, 1.54) is 31.0 Å². The second-order valence-electron chi connectivity index (χ2n) is 6.15. The summed E-state index contributed by atoms with van der Waals surface area (Å²) in [4.78, 5) is 37.2. The number of ether oxygens (including phenoxy) is 1. The molecule has 2 aromatic carbocycles. The molecule has 6 nitrogen and oxygen atoms in total. The number of anilines is 1. The van der Waals surface area contributed by atoms with Gasteiger partial charge >= 0.3 is 0 Å². The molecule has 27 heavy (non-hydrogen) atoms. The maximum atomic E-state index is 12.2. The Bertz CT molecular complexity index is 850. The lowest BCUT2D eigenvalue weighted by Crippen LogP contribution is -2.37. The first-order valence-electron chi connectivity index (χ1n) is 8.30. The average molecular weight is 389 g/mol. The van der Waals surface area contributed by atoms with Crippen molar-refractivity contribution in [3.63, 3.8) is 0 Å². The van der Waals surface area contributed by atoms with Gasteiger partial charge in [0, 0.05) is 17.8 Å². The van der Waals surface area contributed by atoms with E-state index >= 15 is 0 Å². The molecule has 0 aromatic heterocycles. The fourth-order valence-electron chi connectivity index (χ4n) is 2.29. The maximum absolute atomic E-state index is 12.2. The molecule has 0 saturated heterocycles. The highest BCUT2D eigenvalue weighted by molar-refractivity contribution is 6.31. The number of ketones is 1. The average Bonchev–Trinajstić information content (AvgIpc) is 2.62. The largest absolute Gasteiger partial charge is 0.483 e. The van der Waals surface area contributed by atoms with Gasteiger partial charge in [0.1, 0.15) is 5.75 Å². The number of hydrogen-bond donors (Lipinski definition) is 1. The van der Waals surface area contributed by atoms with Crippen LogP contribution in [0.5, 0.6) is 5.75 Å². The lowest BCUT2D eigenvalue weighted by Gasteiger charge is -2.18. The van der Waals surface area contributed by atoms with E-state index in [0.717, 1.165) is 5.56 Å². The summed E-state index contributed by atoms with van der Waals surface area (Å²) >= 11 is 5.88. The number of nitrogens with zero attached hydrogens (tertiary/aromatic N) is 1. The van der Waals surface area contributed by atoms with Gasteiger partial charge in [-0.25, -0.2) is 0 Å². The minimum Gasteiger partial charge on any atom is -0.483 e. The van der Waals surface area contributed by atoms with Gasteiger partial charge in [-0.2, -0.15) is 0 Å². The van der Waals surface area contributed by atoms with E-state index in [0.29, 0.717) is 16.3 Å². The first kappa shape index (κ1) is 20.5. The normalized spacial score (nSPS) is 10.2. The van der Waals surface area contributed by atoms with Gasteiger partial charge < -0.3 is 15.0 Å². The third-order valence-electron chi connectivity index (χ3n) is 3.81. The topological polar surface area (TPSA) is 75.7 Å². The number of likely N-dealkylation sites (N-methyl/N-ethyl adjacent to an activating group) is 1. The Balaban J connectivity index is 1.89. The van der Waals surface area contributed by atoms with E-state index in [9.17, 15) is 14.4 Å². The van der Waals surface area contributed by atoms with Crippen molar-refractivity contribution < 1.29 is 19.1 Å². The van der Waals surface area contributed by atoms with Crippen LogP contribution in [0.1, 0.15) is 22.8 Å². The first-order chi connectivity index (χ1) is 12.8. The van der Waals surface area contributed by atoms with Crippen LogP contribution in [0.3, 0.4) is 0 Å². The zero-order chi connectivity index (χ0) is 20.0. The lowest BCUT2D eigenvalue weighted by atomic mass is 10.1. The van der Waals surface area contributed by atoms with Crippen LogP contribution >= 0.6 is 11.6 Å². The molecule has 2 amide bonds. The van der Waals surface area contributed by atoms with Gasteiger partial charge in [-0.1, -0.05) is 29.3 Å². The summed E-state index contributed by atoms with van der Waals surface area (Å²) in [5, 5.41) is 3.13. The van der Waals surface area contributed by atoms with Gasteiger partial charge in [0.15, 0.2) is 12.4 Å². The van der Waals surface area contributed by atoms with Crippen molar-refractivity contribution in [1.29, 1.82) is 0 Å². The highest BCUT2D eigenvalue weighted by Crippen LogP contribution is 2.23. The summed E-state index contributed by atoms with van der Waals surface area (Å²) in [6.45, 7) is 2.94. The fourth-order valence-corrected chi connectivity index (χ4v) is 2.47. The number of Topliss-reactive ketones (excluding diaryl/α,β-unsaturated/α-hetero) is 1. The van der Waals surface area contributed by atoms with Crippen LogP contribution in [0.4, 0.5) is 5.69 Å². The molecule has 0 radical (unpaired) electrons. The summed E-state index contributed by atoms with van der Waals surface area (Å²) < 4.78 is 5.45. The number of rotatable bonds is 7. The SMILES string of the molecule is CC(=O)c1cc(Cl)ccc1OCC(=O)N(C)CC(=O)Nc1ccc(C)cc1. The van der Waals surface area contributed by atoms with Crippen LogP contribution in [-0.4, -0.2) is 42.7 Å². The van der Waals surface area contributed by atoms with Crippen LogP contribution in [0, 0.1) is 6.92 Å². The summed E-state index contributed by atoms with van der Waals surface area (Å²) in [5.74, 6) is -0.646. The predicted octanol–water partition coefficient (Wildman–Crippen LogP) is 3.33. The van der Waals surface area contributed by atoms with E-state index in [-0.39, 0.29) is 30.6 Å². The van der Waals surface area contributed by atoms with E-state index in [1.807, 2.05) is 19.1 Å². The standard InChI is InChI=1S/C20H21ClN2O4/c1-13-4-7-16(8-5-13)22-19(25)11-23(3)20(26)12-27-18-9-6-15(21)10-17(18)14(2)24/h4-10H,11-12H2,1-3H3,(H,22,25). The van der Waals surface area contributed by atoms with E-state index in [1.54, 1.807) is 18.2 Å². The number of nitrogens with one attached hydrogen (secondary N) is 1. The molecular formula is C20H21ClN2O4. The van der Waals surface area contributed by atoms with Crippen molar-refractivity contribution in [3.05, 3.63) is 58.6 Å². The van der Waals surface area contributed by atoms with E-state index in [4.69, 9.17) is 16.3 Å². The third kappa shape index (κ3) is 6.11. The molecule has 0 aliphatic heterocycles. The number of benzene rings is 2. The van der Waals surface area contributed by atoms with Crippen molar-refractivity contribution in [2.75, 3.05) is 25.5 Å². The van der Waals surface area contributed by atoms with Crippen LogP contribution in [0.25, 0.3) is 0 Å². The van der Waals surface area contributed by atoms with Crippen LogP contribution in [0.2, 0.25) is 5.02 Å². The molecule has 1 N–H and O–H groups in total. The predicted molar refractivity (Wildman–Crippen MR) is 104 cm³/mol.